The van der Waals surface area contributed by atoms with E-state index in [2.05, 4.69) is 18.7 Å². The van der Waals surface area contributed by atoms with Crippen LogP contribution in [0.4, 0.5) is 18.0 Å². The van der Waals surface area contributed by atoms with Crippen LogP contribution >= 0.6 is 12.4 Å². The number of carbonyl (C=O) groups is 1. The molecular weight excluding hydrogens is 439 g/mol. The zero-order chi connectivity index (χ0) is 22.4. The van der Waals surface area contributed by atoms with Crippen LogP contribution in [-0.2, 0) is 12.6 Å². The first-order valence-electron chi connectivity index (χ1n) is 11.7. The van der Waals surface area contributed by atoms with Crippen molar-refractivity contribution in [3.05, 3.63) is 35.4 Å². The van der Waals surface area contributed by atoms with Gasteiger partial charge in [0.2, 0.25) is 0 Å². The molecule has 182 valence electrons. The van der Waals surface area contributed by atoms with Gasteiger partial charge < -0.3 is 14.7 Å². The third-order valence-corrected chi connectivity index (χ3v) is 6.82. The Morgan fingerprint density at radius 3 is 2.31 bits per heavy atom. The summed E-state index contributed by atoms with van der Waals surface area (Å²) in [7, 11) is 0. The summed E-state index contributed by atoms with van der Waals surface area (Å²) >= 11 is 0. The standard InChI is InChI=1S/C24H36F3N3O.ClH/c1-3-28(19(2)16-21-8-7-9-22(17-21)24(25,26)27)18-20-10-14-30(15-11-20)23(31)29-12-5-4-6-13-29;/h7-9,17,19-20H,3-6,10-16,18H2,1-2H3;1H. The summed E-state index contributed by atoms with van der Waals surface area (Å²) in [4.78, 5) is 19.1. The predicted molar refractivity (Wildman–Crippen MR) is 124 cm³/mol. The SMILES string of the molecule is CCN(CC1CCN(C(=O)N2CCCCC2)CC1)C(C)Cc1cccc(C(F)(F)F)c1.Cl. The number of piperidine rings is 2. The lowest BCUT2D eigenvalue weighted by Crippen LogP contribution is -2.49. The minimum absolute atomic E-state index is 0. The maximum Gasteiger partial charge on any atom is 0.416 e. The maximum absolute atomic E-state index is 13.0. The fourth-order valence-electron chi connectivity index (χ4n) is 4.89. The monoisotopic (exact) mass is 475 g/mol. The Bertz CT molecular complexity index is 717. The van der Waals surface area contributed by atoms with Crippen LogP contribution in [0.1, 0.15) is 57.1 Å². The van der Waals surface area contributed by atoms with E-state index in [1.165, 1.54) is 18.6 Å². The van der Waals surface area contributed by atoms with Gasteiger partial charge in [-0.15, -0.1) is 12.4 Å². The van der Waals surface area contributed by atoms with Gasteiger partial charge in [-0.3, -0.25) is 0 Å². The van der Waals surface area contributed by atoms with Crippen molar-refractivity contribution in [3.63, 3.8) is 0 Å². The van der Waals surface area contributed by atoms with E-state index in [4.69, 9.17) is 0 Å². The van der Waals surface area contributed by atoms with E-state index >= 15 is 0 Å². The number of hydrogen-bond donors (Lipinski definition) is 0. The molecule has 3 rings (SSSR count). The van der Waals surface area contributed by atoms with Crippen LogP contribution in [0.3, 0.4) is 0 Å². The predicted octanol–water partition coefficient (Wildman–Crippen LogP) is 5.70. The molecule has 2 aliphatic rings. The zero-order valence-electron chi connectivity index (χ0n) is 19.2. The van der Waals surface area contributed by atoms with Crippen LogP contribution in [0.15, 0.2) is 24.3 Å². The highest BCUT2D eigenvalue weighted by molar-refractivity contribution is 5.85. The average molecular weight is 476 g/mol. The third kappa shape index (κ3) is 7.27. The number of rotatable bonds is 6. The van der Waals surface area contributed by atoms with E-state index in [-0.39, 0.29) is 24.5 Å². The summed E-state index contributed by atoms with van der Waals surface area (Å²) in [6, 6.07) is 6.05. The minimum atomic E-state index is -4.30. The van der Waals surface area contributed by atoms with E-state index in [0.29, 0.717) is 12.3 Å². The fourth-order valence-corrected chi connectivity index (χ4v) is 4.89. The normalized spacial score (nSPS) is 19.1. The molecule has 0 radical (unpaired) electrons. The largest absolute Gasteiger partial charge is 0.416 e. The van der Waals surface area contributed by atoms with Gasteiger partial charge in [0.15, 0.2) is 0 Å². The number of carbonyl (C=O) groups excluding carboxylic acids is 1. The molecule has 0 spiro atoms. The van der Waals surface area contributed by atoms with Crippen molar-refractivity contribution in [1.29, 1.82) is 0 Å². The Balaban J connectivity index is 0.00000363. The fraction of sp³-hybridized carbons (Fsp3) is 0.708. The summed E-state index contributed by atoms with van der Waals surface area (Å²) in [5.74, 6) is 0.523. The number of hydrogen-bond acceptors (Lipinski definition) is 2. The molecule has 2 saturated heterocycles. The topological polar surface area (TPSA) is 26.8 Å². The molecule has 0 aliphatic carbocycles. The number of likely N-dealkylation sites (N-methyl/N-ethyl adjacent to an activating group) is 1. The van der Waals surface area contributed by atoms with Gasteiger partial charge in [-0.1, -0.05) is 25.1 Å². The number of likely N-dealkylation sites (tertiary alicyclic amines) is 2. The summed E-state index contributed by atoms with van der Waals surface area (Å²) in [5.41, 5.74) is 0.147. The van der Waals surface area contributed by atoms with E-state index in [9.17, 15) is 18.0 Å². The molecule has 0 saturated carbocycles. The second-order valence-corrected chi connectivity index (χ2v) is 9.10. The molecule has 1 atom stereocenters. The molecular formula is C24H37ClF3N3O. The summed E-state index contributed by atoms with van der Waals surface area (Å²) in [6.07, 6.45) is 1.72. The van der Waals surface area contributed by atoms with E-state index in [1.54, 1.807) is 6.07 Å². The zero-order valence-corrected chi connectivity index (χ0v) is 20.1. The molecule has 2 amide bonds. The van der Waals surface area contributed by atoms with E-state index in [0.717, 1.165) is 76.6 Å². The number of halogens is 4. The van der Waals surface area contributed by atoms with Gasteiger partial charge in [0.1, 0.15) is 0 Å². The lowest BCUT2D eigenvalue weighted by Gasteiger charge is -2.39. The first-order chi connectivity index (χ1) is 14.8. The van der Waals surface area contributed by atoms with Gasteiger partial charge in [0.05, 0.1) is 5.56 Å². The molecule has 4 nitrogen and oxygen atoms in total. The van der Waals surface area contributed by atoms with Crippen molar-refractivity contribution < 1.29 is 18.0 Å². The van der Waals surface area contributed by atoms with E-state index < -0.39 is 11.7 Å². The van der Waals surface area contributed by atoms with Crippen LogP contribution in [-0.4, -0.2) is 66.0 Å². The first kappa shape index (κ1) is 26.8. The Hall–Kier alpha value is -1.47. The van der Waals surface area contributed by atoms with Gasteiger partial charge >= 0.3 is 12.2 Å². The van der Waals surface area contributed by atoms with Crippen LogP contribution < -0.4 is 0 Å². The van der Waals surface area contributed by atoms with Crippen molar-refractivity contribution in [2.75, 3.05) is 39.3 Å². The molecule has 0 bridgehead atoms. The van der Waals surface area contributed by atoms with Crippen LogP contribution in [0.5, 0.6) is 0 Å². The molecule has 2 heterocycles. The van der Waals surface area contributed by atoms with Crippen molar-refractivity contribution in [1.82, 2.24) is 14.7 Å². The Labute approximate surface area is 196 Å². The van der Waals surface area contributed by atoms with Crippen LogP contribution in [0.25, 0.3) is 0 Å². The van der Waals surface area contributed by atoms with Crippen LogP contribution in [0, 0.1) is 5.92 Å². The summed E-state index contributed by atoms with van der Waals surface area (Å²) in [5, 5.41) is 0. The minimum Gasteiger partial charge on any atom is -0.325 e. The second kappa shape index (κ2) is 12.1. The van der Waals surface area contributed by atoms with Crippen molar-refractivity contribution in [2.24, 2.45) is 5.92 Å². The maximum atomic E-state index is 13.0. The number of nitrogens with zero attached hydrogens (tertiary/aromatic N) is 3. The smallest absolute Gasteiger partial charge is 0.325 e. The average Bonchev–Trinajstić information content (AvgIpc) is 2.77. The molecule has 0 N–H and O–H groups in total. The quantitative estimate of drug-likeness (QED) is 0.527. The van der Waals surface area contributed by atoms with E-state index in [1.807, 2.05) is 9.80 Å². The Morgan fingerprint density at radius 1 is 1.09 bits per heavy atom. The third-order valence-electron chi connectivity index (χ3n) is 6.82. The molecule has 1 unspecified atom stereocenters. The number of urea groups is 1. The number of benzene rings is 1. The first-order valence-corrected chi connectivity index (χ1v) is 11.7. The Kier molecular flexibility index (Phi) is 10.1. The van der Waals surface area contributed by atoms with Crippen molar-refractivity contribution >= 4 is 18.4 Å². The van der Waals surface area contributed by atoms with Gasteiger partial charge in [0, 0.05) is 38.8 Å². The van der Waals surface area contributed by atoms with Crippen LogP contribution in [0.2, 0.25) is 0 Å². The molecule has 1 aromatic rings. The Morgan fingerprint density at radius 2 is 1.72 bits per heavy atom. The van der Waals surface area contributed by atoms with Gasteiger partial charge in [0.25, 0.3) is 0 Å². The second-order valence-electron chi connectivity index (χ2n) is 9.10. The van der Waals surface area contributed by atoms with Crippen molar-refractivity contribution in [3.8, 4) is 0 Å². The molecule has 2 aliphatic heterocycles. The lowest BCUT2D eigenvalue weighted by molar-refractivity contribution is -0.137. The number of amides is 2. The van der Waals surface area contributed by atoms with Crippen molar-refractivity contribution in [2.45, 2.75) is 64.6 Å². The highest BCUT2D eigenvalue weighted by Gasteiger charge is 2.31. The highest BCUT2D eigenvalue weighted by atomic mass is 35.5. The lowest BCUT2D eigenvalue weighted by atomic mass is 9.95. The molecule has 2 fully saturated rings. The van der Waals surface area contributed by atoms with Gasteiger partial charge in [-0.2, -0.15) is 13.2 Å². The molecule has 8 heteroatoms. The van der Waals surface area contributed by atoms with Gasteiger partial charge in [-0.05, 0) is 69.5 Å². The molecule has 1 aromatic carbocycles. The molecule has 32 heavy (non-hydrogen) atoms. The summed E-state index contributed by atoms with van der Waals surface area (Å²) < 4.78 is 39.0. The highest BCUT2D eigenvalue weighted by Crippen LogP contribution is 2.30. The summed E-state index contributed by atoms with van der Waals surface area (Å²) in [6.45, 7) is 9.38. The molecule has 0 aromatic heterocycles. The number of alkyl halides is 3. The van der Waals surface area contributed by atoms with Gasteiger partial charge in [-0.25, -0.2) is 4.79 Å².